The van der Waals surface area contributed by atoms with Crippen LogP contribution in [-0.4, -0.2) is 58.9 Å². The van der Waals surface area contributed by atoms with E-state index in [2.05, 4.69) is 0 Å². The van der Waals surface area contributed by atoms with Gasteiger partial charge in [-0.15, -0.1) is 0 Å². The molecule has 0 aromatic rings. The highest BCUT2D eigenvalue weighted by Crippen LogP contribution is 2.63. The van der Waals surface area contributed by atoms with Crippen molar-refractivity contribution in [2.75, 3.05) is 0 Å². The fourth-order valence-electron chi connectivity index (χ4n) is 1.97. The summed E-state index contributed by atoms with van der Waals surface area (Å²) in [7, 11) is 0. The molecule has 0 aliphatic heterocycles. The second-order valence-electron chi connectivity index (χ2n) is 6.01. The van der Waals surface area contributed by atoms with Gasteiger partial charge < -0.3 is 15.0 Å². The third-order valence-electron chi connectivity index (χ3n) is 3.55. The van der Waals surface area contributed by atoms with E-state index in [1.165, 1.54) is 0 Å². The van der Waals surface area contributed by atoms with Crippen LogP contribution in [0.1, 0.15) is 13.3 Å². The molecule has 0 fully saturated rings. The topological polar surface area (TPSA) is 60.4 Å². The zero-order valence-electron chi connectivity index (χ0n) is 14.3. The zero-order valence-corrected chi connectivity index (χ0v) is 14.3. The van der Waals surface area contributed by atoms with Gasteiger partial charge in [0.1, 0.15) is 0 Å². The number of carboxylic acids is 1. The second kappa shape index (κ2) is 7.91. The molecule has 1 unspecified atom stereocenters. The van der Waals surface area contributed by atoms with Crippen molar-refractivity contribution < 1.29 is 80.9 Å². The first-order chi connectivity index (χ1) is 13.2. The molecule has 3 nitrogen and oxygen atoms in total. The van der Waals surface area contributed by atoms with Crippen molar-refractivity contribution in [3.63, 3.8) is 0 Å². The Balaban J connectivity index is 6.91. The lowest BCUT2D eigenvalue weighted by Gasteiger charge is -2.42. The minimum absolute atomic E-state index is 0.611. The van der Waals surface area contributed by atoms with Crippen molar-refractivity contribution in [2.45, 2.75) is 61.2 Å². The van der Waals surface area contributed by atoms with E-state index in [0.717, 1.165) is 0 Å². The fraction of sp³-hybridized carbons (Fsp3) is 0.769. The van der Waals surface area contributed by atoms with E-state index >= 15 is 0 Å². The Hall–Kier alpha value is -1.88. The van der Waals surface area contributed by atoms with Gasteiger partial charge in [-0.05, 0) is 25.0 Å². The smallest absolute Gasteiger partial charge is 0.438 e. The third kappa shape index (κ3) is 4.52. The molecule has 0 saturated heterocycles. The van der Waals surface area contributed by atoms with Crippen LogP contribution in [0.2, 0.25) is 0 Å². The molecule has 0 rings (SSSR count). The molecule has 31 heavy (non-hydrogen) atoms. The van der Waals surface area contributed by atoms with E-state index in [9.17, 15) is 75.8 Å². The summed E-state index contributed by atoms with van der Waals surface area (Å²) >= 11 is 0. The number of carbonyl (C=O) groups excluding carboxylic acids is 1. The predicted octanol–water partition coefficient (Wildman–Crippen LogP) is 3.81. The van der Waals surface area contributed by atoms with E-state index in [-0.39, 0.29) is 0 Å². The summed E-state index contributed by atoms with van der Waals surface area (Å²) in [5.41, 5.74) is -10.6. The number of aliphatic hydroxyl groups excluding tert-OH is 1. The summed E-state index contributed by atoms with van der Waals surface area (Å²) in [5.74, 6) is -34.7. The Labute approximate surface area is 161 Å². The van der Waals surface area contributed by atoms with Crippen molar-refractivity contribution in [1.82, 2.24) is 0 Å². The monoisotopic (exact) mass is 497 g/mol. The summed E-state index contributed by atoms with van der Waals surface area (Å²) < 4.78 is 195. The van der Waals surface area contributed by atoms with E-state index in [1.54, 1.807) is 0 Å². The molecule has 1 N–H and O–H groups in total. The van der Waals surface area contributed by atoms with E-state index in [4.69, 9.17) is 5.11 Å². The molecule has 0 heterocycles. The van der Waals surface area contributed by atoms with Gasteiger partial charge in [-0.2, -0.15) is 61.5 Å². The molecule has 0 aliphatic carbocycles. The number of carboxylic acid groups (broad SMARTS) is 1. The summed E-state index contributed by atoms with van der Waals surface area (Å²) in [5, 5.41) is 19.4. The van der Waals surface area contributed by atoms with Gasteiger partial charge in [0.2, 0.25) is 0 Å². The molecule has 0 saturated carbocycles. The number of hydrogen-bond donors (Lipinski definition) is 1. The summed E-state index contributed by atoms with van der Waals surface area (Å²) in [6.45, 7) is 0.611. The Morgan fingerprint density at radius 2 is 1.13 bits per heavy atom. The van der Waals surface area contributed by atoms with Crippen LogP contribution in [0.25, 0.3) is 0 Å². The van der Waals surface area contributed by atoms with Gasteiger partial charge in [0.05, 0.1) is 12.1 Å². The number of rotatable bonds is 8. The number of alkyl halides is 15. The number of hydrogen-bond acceptors (Lipinski definition) is 3. The zero-order chi connectivity index (χ0) is 25.6. The first-order valence-electron chi connectivity index (χ1n) is 7.17. The van der Waals surface area contributed by atoms with Crippen LogP contribution in [-0.2, 0) is 4.79 Å². The molecule has 0 aliphatic rings. The van der Waals surface area contributed by atoms with Crippen molar-refractivity contribution in [3.8, 4) is 0 Å². The molecule has 1 atom stereocenters. The van der Waals surface area contributed by atoms with Crippen molar-refractivity contribution >= 4 is 5.97 Å². The Morgan fingerprint density at radius 3 is 1.39 bits per heavy atom. The van der Waals surface area contributed by atoms with E-state index in [0.29, 0.717) is 6.92 Å². The number of aliphatic carboxylic acids is 1. The predicted molar refractivity (Wildman–Crippen MR) is 65.1 cm³/mol. The van der Waals surface area contributed by atoms with Crippen LogP contribution >= 0.6 is 0 Å². The van der Waals surface area contributed by atoms with Crippen LogP contribution in [0.3, 0.4) is 0 Å². The van der Waals surface area contributed by atoms with Crippen LogP contribution in [0.4, 0.5) is 65.9 Å². The van der Waals surface area contributed by atoms with E-state index in [1.807, 2.05) is 0 Å². The lowest BCUT2D eigenvalue weighted by Crippen LogP contribution is -2.75. The first-order valence-corrected chi connectivity index (χ1v) is 7.17. The van der Waals surface area contributed by atoms with Crippen LogP contribution in [0, 0.1) is 0 Å². The van der Waals surface area contributed by atoms with Crippen LogP contribution in [0.5, 0.6) is 0 Å². The SMILES string of the molecule is CC(O)C/C(=C/C(F)(F)C(F)(F)C(F)(F)C(F)(F)C(F)(C(F)(F)F)C(F)(F)F)C(=O)[O-]. The first kappa shape index (κ1) is 29.1. The van der Waals surface area contributed by atoms with Gasteiger partial charge in [0.25, 0.3) is 0 Å². The molecule has 0 aromatic carbocycles. The van der Waals surface area contributed by atoms with Crippen molar-refractivity contribution in [3.05, 3.63) is 11.6 Å². The van der Waals surface area contributed by atoms with Crippen molar-refractivity contribution in [2.24, 2.45) is 0 Å². The average Bonchev–Trinajstić information content (AvgIpc) is 2.49. The maximum Gasteiger partial charge on any atom is 0.438 e. The van der Waals surface area contributed by atoms with Crippen LogP contribution < -0.4 is 5.11 Å². The largest absolute Gasteiger partial charge is 0.545 e. The van der Waals surface area contributed by atoms with Crippen LogP contribution in [0.15, 0.2) is 11.6 Å². The number of carbonyl (C=O) groups is 1. The van der Waals surface area contributed by atoms with Crippen molar-refractivity contribution in [1.29, 1.82) is 0 Å². The fourth-order valence-corrected chi connectivity index (χ4v) is 1.97. The van der Waals surface area contributed by atoms with Gasteiger partial charge in [0, 0.05) is 0 Å². The standard InChI is InChI=1S/C13H9F15O3/c1-4(29)2-5(6(30)31)3-7(14,15)9(17,18)11(21,22)10(19,20)8(16,12(23,24)25)13(26,27)28/h3-4,29H,2H2,1H3,(H,30,31)/p-1/b5-3-. The minimum atomic E-state index is -8.59. The molecule has 18 heteroatoms. The minimum Gasteiger partial charge on any atom is -0.545 e. The normalized spacial score (nSPS) is 17.0. The summed E-state index contributed by atoms with van der Waals surface area (Å²) in [6, 6.07) is 0. The van der Waals surface area contributed by atoms with Gasteiger partial charge in [-0.25, -0.2) is 4.39 Å². The molecular formula is C13H8F15O3-. The van der Waals surface area contributed by atoms with Gasteiger partial charge in [-0.3, -0.25) is 0 Å². The van der Waals surface area contributed by atoms with Gasteiger partial charge in [-0.1, -0.05) is 0 Å². The molecule has 0 spiro atoms. The summed E-state index contributed by atoms with van der Waals surface area (Å²) in [4.78, 5) is 10.5. The third-order valence-corrected chi connectivity index (χ3v) is 3.55. The Morgan fingerprint density at radius 1 is 0.774 bits per heavy atom. The Bertz CT molecular complexity index is 688. The molecule has 0 bridgehead atoms. The molecule has 184 valence electrons. The molecular weight excluding hydrogens is 489 g/mol. The average molecular weight is 497 g/mol. The van der Waals surface area contributed by atoms with E-state index < -0.39 is 71.9 Å². The van der Waals surface area contributed by atoms with Gasteiger partial charge >= 0.3 is 41.7 Å². The molecule has 0 amide bonds. The number of halogens is 15. The quantitative estimate of drug-likeness (QED) is 0.410. The molecule has 0 radical (unpaired) electrons. The number of aliphatic hydroxyl groups is 1. The highest BCUT2D eigenvalue weighted by Gasteiger charge is 2.95. The highest BCUT2D eigenvalue weighted by atomic mass is 19.4. The lowest BCUT2D eigenvalue weighted by atomic mass is 9.85. The van der Waals surface area contributed by atoms with Gasteiger partial charge in [0.15, 0.2) is 0 Å². The maximum atomic E-state index is 13.6. The highest BCUT2D eigenvalue weighted by molar-refractivity contribution is 5.85. The lowest BCUT2D eigenvalue weighted by molar-refractivity contribution is -0.454. The summed E-state index contributed by atoms with van der Waals surface area (Å²) in [6.07, 6.45) is -21.4. The number of allylic oxidation sites excluding steroid dienone is 1. The maximum absolute atomic E-state index is 13.6. The second-order valence-corrected chi connectivity index (χ2v) is 6.01. The Kier molecular flexibility index (Phi) is 7.43. The molecule has 0 aromatic heterocycles.